The first-order chi connectivity index (χ1) is 22.2. The average Bonchev–Trinajstić information content (AvgIpc) is 3.60. The molecule has 0 aromatic heterocycles. The number of halogens is 1. The smallest absolute Gasteiger partial charge is 0.264 e. The van der Waals surface area contributed by atoms with Crippen LogP contribution in [0.5, 0.6) is 5.75 Å². The molecule has 1 saturated carbocycles. The molecule has 10 heteroatoms. The van der Waals surface area contributed by atoms with Crippen LogP contribution in [-0.2, 0) is 32.6 Å². The number of rotatable bonds is 13. The molecule has 1 fully saturated rings. The SMILES string of the molecule is COc1ccc(N(CC(=O)N(Cc2ccc(Br)cc2)[C@H](Cc2ccccc2)C(=O)NC2CCCC2)S(=O)(=O)c2ccccc2)cc1. The van der Waals surface area contributed by atoms with Gasteiger partial charge < -0.3 is 15.0 Å². The highest BCUT2D eigenvalue weighted by atomic mass is 79.9. The van der Waals surface area contributed by atoms with Crippen LogP contribution in [-0.4, -0.2) is 50.9 Å². The minimum Gasteiger partial charge on any atom is -0.497 e. The Bertz CT molecular complexity index is 1700. The van der Waals surface area contributed by atoms with Gasteiger partial charge in [-0.05, 0) is 72.5 Å². The van der Waals surface area contributed by atoms with E-state index in [1.54, 1.807) is 42.5 Å². The summed E-state index contributed by atoms with van der Waals surface area (Å²) in [5, 5.41) is 3.20. The van der Waals surface area contributed by atoms with Gasteiger partial charge in [0.15, 0.2) is 0 Å². The number of ether oxygens (including phenoxy) is 1. The number of nitrogens with zero attached hydrogens (tertiary/aromatic N) is 2. The molecule has 2 amide bonds. The van der Waals surface area contributed by atoms with Crippen molar-refractivity contribution in [3.05, 3.63) is 125 Å². The maximum atomic E-state index is 14.6. The molecule has 1 N–H and O–H groups in total. The molecule has 4 aromatic carbocycles. The fourth-order valence-corrected chi connectivity index (χ4v) is 7.40. The number of nitrogens with one attached hydrogen (secondary N) is 1. The molecule has 1 aliphatic carbocycles. The predicted octanol–water partition coefficient (Wildman–Crippen LogP) is 6.35. The van der Waals surface area contributed by atoms with E-state index in [-0.39, 0.29) is 29.8 Å². The Labute approximate surface area is 279 Å². The monoisotopic (exact) mass is 703 g/mol. The zero-order valence-electron chi connectivity index (χ0n) is 25.7. The minimum absolute atomic E-state index is 0.0460. The zero-order valence-corrected chi connectivity index (χ0v) is 28.1. The average molecular weight is 705 g/mol. The molecule has 0 heterocycles. The normalized spacial score (nSPS) is 14.0. The first-order valence-corrected chi connectivity index (χ1v) is 17.6. The van der Waals surface area contributed by atoms with Crippen LogP contribution in [0.3, 0.4) is 0 Å². The summed E-state index contributed by atoms with van der Waals surface area (Å²) >= 11 is 3.47. The second-order valence-corrected chi connectivity index (χ2v) is 14.1. The molecule has 5 rings (SSSR count). The summed E-state index contributed by atoms with van der Waals surface area (Å²) in [5.41, 5.74) is 2.01. The zero-order chi connectivity index (χ0) is 32.5. The lowest BCUT2D eigenvalue weighted by molar-refractivity contribution is -0.140. The Balaban J connectivity index is 1.55. The Morgan fingerprint density at radius 2 is 1.46 bits per heavy atom. The number of anilines is 1. The van der Waals surface area contributed by atoms with Gasteiger partial charge in [0.25, 0.3) is 10.0 Å². The quantitative estimate of drug-likeness (QED) is 0.175. The van der Waals surface area contributed by atoms with E-state index in [4.69, 9.17) is 4.74 Å². The van der Waals surface area contributed by atoms with Gasteiger partial charge in [0.05, 0.1) is 17.7 Å². The van der Waals surface area contributed by atoms with Crippen LogP contribution in [0.25, 0.3) is 0 Å². The lowest BCUT2D eigenvalue weighted by Crippen LogP contribution is -2.54. The van der Waals surface area contributed by atoms with Gasteiger partial charge in [0.2, 0.25) is 11.8 Å². The van der Waals surface area contributed by atoms with Crippen molar-refractivity contribution in [3.8, 4) is 5.75 Å². The van der Waals surface area contributed by atoms with Crippen molar-refractivity contribution in [2.45, 2.75) is 55.6 Å². The van der Waals surface area contributed by atoms with Crippen molar-refractivity contribution in [2.24, 2.45) is 0 Å². The van der Waals surface area contributed by atoms with Gasteiger partial charge in [0.1, 0.15) is 18.3 Å². The van der Waals surface area contributed by atoms with E-state index < -0.39 is 28.5 Å². The highest BCUT2D eigenvalue weighted by molar-refractivity contribution is 9.10. The van der Waals surface area contributed by atoms with Crippen molar-refractivity contribution in [3.63, 3.8) is 0 Å². The van der Waals surface area contributed by atoms with Crippen molar-refractivity contribution < 1.29 is 22.7 Å². The van der Waals surface area contributed by atoms with Crippen LogP contribution in [0.15, 0.2) is 119 Å². The maximum Gasteiger partial charge on any atom is 0.264 e. The Morgan fingerprint density at radius 3 is 2.07 bits per heavy atom. The molecule has 0 aliphatic heterocycles. The molecular formula is C36H38BrN3O5S. The number of methoxy groups -OCH3 is 1. The van der Waals surface area contributed by atoms with Gasteiger partial charge in [-0.15, -0.1) is 0 Å². The van der Waals surface area contributed by atoms with E-state index in [2.05, 4.69) is 21.2 Å². The third-order valence-electron chi connectivity index (χ3n) is 8.21. The second-order valence-electron chi connectivity index (χ2n) is 11.4. The molecule has 0 unspecified atom stereocenters. The highest BCUT2D eigenvalue weighted by Crippen LogP contribution is 2.27. The van der Waals surface area contributed by atoms with E-state index in [1.165, 1.54) is 24.1 Å². The van der Waals surface area contributed by atoms with Crippen LogP contribution >= 0.6 is 15.9 Å². The van der Waals surface area contributed by atoms with Gasteiger partial charge in [-0.3, -0.25) is 13.9 Å². The second kappa shape index (κ2) is 15.4. The maximum absolute atomic E-state index is 14.6. The van der Waals surface area contributed by atoms with Gasteiger partial charge >= 0.3 is 0 Å². The first-order valence-electron chi connectivity index (χ1n) is 15.3. The van der Waals surface area contributed by atoms with Crippen molar-refractivity contribution in [1.29, 1.82) is 0 Å². The molecule has 8 nitrogen and oxygen atoms in total. The third-order valence-corrected chi connectivity index (χ3v) is 10.5. The topological polar surface area (TPSA) is 96.0 Å². The van der Waals surface area contributed by atoms with Crippen molar-refractivity contribution in [2.75, 3.05) is 18.0 Å². The highest BCUT2D eigenvalue weighted by Gasteiger charge is 2.35. The van der Waals surface area contributed by atoms with Crippen molar-refractivity contribution >= 4 is 43.5 Å². The summed E-state index contributed by atoms with van der Waals surface area (Å²) in [7, 11) is -2.64. The molecule has 4 aromatic rings. The number of carbonyl (C=O) groups is 2. The minimum atomic E-state index is -4.17. The third kappa shape index (κ3) is 8.35. The molecule has 1 atom stereocenters. The number of sulfonamides is 1. The van der Waals surface area contributed by atoms with E-state index in [0.717, 1.165) is 45.6 Å². The number of carbonyl (C=O) groups excluding carboxylic acids is 2. The lowest BCUT2D eigenvalue weighted by Gasteiger charge is -2.34. The molecule has 0 saturated heterocycles. The predicted molar refractivity (Wildman–Crippen MR) is 183 cm³/mol. The largest absolute Gasteiger partial charge is 0.497 e. The fourth-order valence-electron chi connectivity index (χ4n) is 5.70. The number of benzene rings is 4. The summed E-state index contributed by atoms with van der Waals surface area (Å²) in [4.78, 5) is 30.2. The summed E-state index contributed by atoms with van der Waals surface area (Å²) in [6.45, 7) is -0.397. The molecule has 0 bridgehead atoms. The summed E-state index contributed by atoms with van der Waals surface area (Å²) < 4.78 is 35.5. The molecule has 46 heavy (non-hydrogen) atoms. The van der Waals surface area contributed by atoms with Crippen LogP contribution in [0.2, 0.25) is 0 Å². The molecule has 0 radical (unpaired) electrons. The Hall–Kier alpha value is -4.15. The molecular weight excluding hydrogens is 666 g/mol. The van der Waals surface area contributed by atoms with E-state index >= 15 is 0 Å². The Morgan fingerprint density at radius 1 is 0.848 bits per heavy atom. The van der Waals surface area contributed by atoms with Crippen LogP contribution in [0, 0.1) is 0 Å². The summed E-state index contributed by atoms with van der Waals surface area (Å²) in [5.74, 6) is -0.195. The van der Waals surface area contributed by atoms with E-state index in [0.29, 0.717) is 11.4 Å². The summed E-state index contributed by atoms with van der Waals surface area (Å²) in [6.07, 6.45) is 4.15. The van der Waals surface area contributed by atoms with Crippen LogP contribution < -0.4 is 14.4 Å². The van der Waals surface area contributed by atoms with Gasteiger partial charge in [0, 0.05) is 23.5 Å². The van der Waals surface area contributed by atoms with E-state index in [9.17, 15) is 18.0 Å². The van der Waals surface area contributed by atoms with Gasteiger partial charge in [-0.2, -0.15) is 0 Å². The summed E-state index contributed by atoms with van der Waals surface area (Å²) in [6, 6.07) is 30.8. The van der Waals surface area contributed by atoms with E-state index in [1.807, 2.05) is 54.6 Å². The molecule has 1 aliphatic rings. The number of hydrogen-bond donors (Lipinski definition) is 1. The van der Waals surface area contributed by atoms with Gasteiger partial charge in [-0.1, -0.05) is 89.4 Å². The Kier molecular flexibility index (Phi) is 11.1. The number of amides is 2. The van der Waals surface area contributed by atoms with Gasteiger partial charge in [-0.25, -0.2) is 8.42 Å². The lowest BCUT2D eigenvalue weighted by atomic mass is 10.0. The van der Waals surface area contributed by atoms with Crippen molar-refractivity contribution in [1.82, 2.24) is 10.2 Å². The molecule has 240 valence electrons. The molecule has 0 spiro atoms. The van der Waals surface area contributed by atoms with Crippen LogP contribution in [0.1, 0.15) is 36.8 Å². The standard InChI is InChI=1S/C36H38BrN3O5S/c1-45-32-22-20-31(21-23-32)40(46(43,44)33-14-6-3-7-15-33)26-35(41)39(25-28-16-18-29(37)19-17-28)34(24-27-10-4-2-5-11-27)36(42)38-30-12-8-9-13-30/h2-7,10-11,14-23,30,34H,8-9,12-13,24-26H2,1H3,(H,38,42)/t34-/m1/s1. The number of hydrogen-bond acceptors (Lipinski definition) is 5. The first kappa shape index (κ1) is 33.2. The fraction of sp³-hybridized carbons (Fsp3) is 0.278. The van der Waals surface area contributed by atoms with Crippen LogP contribution in [0.4, 0.5) is 5.69 Å².